The maximum Gasteiger partial charge on any atom is 0.238 e. The number of nitrogens with zero attached hydrogens (tertiary/aromatic N) is 1. The van der Waals surface area contributed by atoms with E-state index in [1.165, 1.54) is 31.0 Å². The molecule has 1 saturated carbocycles. The number of hydrogen-bond acceptors (Lipinski definition) is 3. The predicted octanol–water partition coefficient (Wildman–Crippen LogP) is 2.08. The Morgan fingerprint density at radius 2 is 2.26 bits per heavy atom. The lowest BCUT2D eigenvalue weighted by atomic mass is 10.2. The quantitative estimate of drug-likeness (QED) is 0.774. The molecule has 1 fully saturated rings. The van der Waals surface area contributed by atoms with Crippen LogP contribution in [-0.2, 0) is 4.79 Å². The van der Waals surface area contributed by atoms with Crippen LogP contribution in [0.3, 0.4) is 0 Å². The van der Waals surface area contributed by atoms with Crippen LogP contribution in [0.5, 0.6) is 0 Å². The maximum absolute atomic E-state index is 12.9. The molecule has 1 aromatic carbocycles. The third-order valence-electron chi connectivity index (χ3n) is 3.32. The smallest absolute Gasteiger partial charge is 0.238 e. The minimum atomic E-state index is -0.403. The van der Waals surface area contributed by atoms with Gasteiger partial charge in [-0.3, -0.25) is 9.69 Å². The predicted molar refractivity (Wildman–Crippen MR) is 74.3 cm³/mol. The number of benzene rings is 1. The first-order chi connectivity index (χ1) is 9.08. The van der Waals surface area contributed by atoms with E-state index in [1.807, 2.05) is 6.92 Å². The monoisotopic (exact) mass is 265 g/mol. The highest BCUT2D eigenvalue weighted by Crippen LogP contribution is 2.29. The fraction of sp³-hybridized carbons (Fsp3) is 0.500. The van der Waals surface area contributed by atoms with Crippen molar-refractivity contribution in [1.29, 1.82) is 0 Å². The molecule has 19 heavy (non-hydrogen) atoms. The Kier molecular flexibility index (Phi) is 4.37. The Balaban J connectivity index is 1.88. The fourth-order valence-corrected chi connectivity index (χ4v) is 2.01. The molecule has 0 atom stereocenters. The van der Waals surface area contributed by atoms with Crippen molar-refractivity contribution in [3.8, 4) is 0 Å². The van der Waals surface area contributed by atoms with Gasteiger partial charge in [0.1, 0.15) is 5.82 Å². The van der Waals surface area contributed by atoms with Gasteiger partial charge in [0.2, 0.25) is 5.91 Å². The summed E-state index contributed by atoms with van der Waals surface area (Å²) >= 11 is 0. The Bertz CT molecular complexity index is 460. The van der Waals surface area contributed by atoms with E-state index in [1.54, 1.807) is 0 Å². The average Bonchev–Trinajstić information content (AvgIpc) is 3.16. The van der Waals surface area contributed by atoms with Crippen molar-refractivity contribution < 1.29 is 9.18 Å². The summed E-state index contributed by atoms with van der Waals surface area (Å²) in [4.78, 5) is 14.0. The summed E-state index contributed by atoms with van der Waals surface area (Å²) in [5, 5.41) is 2.72. The van der Waals surface area contributed by atoms with Crippen LogP contribution in [0.2, 0.25) is 0 Å². The topological polar surface area (TPSA) is 58.4 Å². The number of anilines is 2. The van der Waals surface area contributed by atoms with Gasteiger partial charge in [0.25, 0.3) is 0 Å². The second-order valence-corrected chi connectivity index (χ2v) is 5.05. The summed E-state index contributed by atoms with van der Waals surface area (Å²) in [6, 6.07) is 3.98. The number of amides is 1. The van der Waals surface area contributed by atoms with Crippen molar-refractivity contribution in [2.75, 3.05) is 30.7 Å². The zero-order valence-corrected chi connectivity index (χ0v) is 11.2. The number of nitrogen functional groups attached to an aromatic ring is 1. The molecule has 4 nitrogen and oxygen atoms in total. The zero-order valence-electron chi connectivity index (χ0n) is 11.2. The molecule has 1 aliphatic carbocycles. The molecule has 0 heterocycles. The minimum absolute atomic E-state index is 0.110. The number of likely N-dealkylation sites (N-methyl/N-ethyl adjacent to an activating group) is 1. The summed E-state index contributed by atoms with van der Waals surface area (Å²) < 4.78 is 12.9. The average molecular weight is 265 g/mol. The molecule has 0 bridgehead atoms. The summed E-state index contributed by atoms with van der Waals surface area (Å²) in [5.41, 5.74) is 6.37. The molecule has 5 heteroatoms. The SMILES string of the molecule is CCN(CC(=O)Nc1ccc(F)cc1N)CC1CC1. The Hall–Kier alpha value is -1.62. The van der Waals surface area contributed by atoms with Gasteiger partial charge in [-0.15, -0.1) is 0 Å². The molecule has 3 N–H and O–H groups in total. The number of hydrogen-bond donors (Lipinski definition) is 2. The molecule has 0 radical (unpaired) electrons. The van der Waals surface area contributed by atoms with Crippen molar-refractivity contribution in [3.05, 3.63) is 24.0 Å². The van der Waals surface area contributed by atoms with Crippen molar-refractivity contribution in [2.45, 2.75) is 19.8 Å². The third kappa shape index (κ3) is 4.21. The van der Waals surface area contributed by atoms with E-state index in [2.05, 4.69) is 10.2 Å². The van der Waals surface area contributed by atoms with Gasteiger partial charge in [0, 0.05) is 6.54 Å². The van der Waals surface area contributed by atoms with E-state index < -0.39 is 5.82 Å². The highest BCUT2D eigenvalue weighted by molar-refractivity contribution is 5.95. The zero-order chi connectivity index (χ0) is 13.8. The minimum Gasteiger partial charge on any atom is -0.397 e. The van der Waals surface area contributed by atoms with Gasteiger partial charge in [0.15, 0.2) is 0 Å². The molecule has 0 unspecified atom stereocenters. The normalized spacial score (nSPS) is 14.7. The van der Waals surface area contributed by atoms with E-state index in [4.69, 9.17) is 5.73 Å². The van der Waals surface area contributed by atoms with Crippen LogP contribution in [-0.4, -0.2) is 30.4 Å². The molecule has 0 aromatic heterocycles. The van der Waals surface area contributed by atoms with Gasteiger partial charge in [-0.05, 0) is 43.5 Å². The Morgan fingerprint density at radius 1 is 1.53 bits per heavy atom. The third-order valence-corrected chi connectivity index (χ3v) is 3.32. The van der Waals surface area contributed by atoms with Crippen molar-refractivity contribution >= 4 is 17.3 Å². The second kappa shape index (κ2) is 6.02. The van der Waals surface area contributed by atoms with Crippen molar-refractivity contribution in [3.63, 3.8) is 0 Å². The van der Waals surface area contributed by atoms with Crippen LogP contribution < -0.4 is 11.1 Å². The molecule has 1 aromatic rings. The van der Waals surface area contributed by atoms with Crippen molar-refractivity contribution in [1.82, 2.24) is 4.90 Å². The lowest BCUT2D eigenvalue weighted by Crippen LogP contribution is -2.34. The highest BCUT2D eigenvalue weighted by atomic mass is 19.1. The second-order valence-electron chi connectivity index (χ2n) is 5.05. The Labute approximate surface area is 112 Å². The van der Waals surface area contributed by atoms with E-state index in [0.717, 1.165) is 19.0 Å². The van der Waals surface area contributed by atoms with Crippen LogP contribution >= 0.6 is 0 Å². The summed E-state index contributed by atoms with van der Waals surface area (Å²) in [6.07, 6.45) is 2.53. The van der Waals surface area contributed by atoms with Crippen LogP contribution in [0.4, 0.5) is 15.8 Å². The van der Waals surface area contributed by atoms with Gasteiger partial charge in [0.05, 0.1) is 17.9 Å². The summed E-state index contributed by atoms with van der Waals surface area (Å²) in [6.45, 7) is 4.22. The van der Waals surface area contributed by atoms with Gasteiger partial charge in [-0.1, -0.05) is 6.92 Å². The van der Waals surface area contributed by atoms with Crippen LogP contribution in [0, 0.1) is 11.7 Å². The van der Waals surface area contributed by atoms with Crippen LogP contribution in [0.25, 0.3) is 0 Å². The van der Waals surface area contributed by atoms with Gasteiger partial charge >= 0.3 is 0 Å². The molecular weight excluding hydrogens is 245 g/mol. The number of rotatable bonds is 6. The first-order valence-electron chi connectivity index (χ1n) is 6.65. The maximum atomic E-state index is 12.9. The molecule has 1 amide bonds. The largest absolute Gasteiger partial charge is 0.397 e. The summed E-state index contributed by atoms with van der Waals surface area (Å²) in [7, 11) is 0. The molecule has 1 aliphatic rings. The number of carbonyl (C=O) groups is 1. The standard InChI is InChI=1S/C14H20FN3O/c1-2-18(8-10-3-4-10)9-14(19)17-13-6-5-11(15)7-12(13)16/h5-7,10H,2-4,8-9,16H2,1H3,(H,17,19). The number of carbonyl (C=O) groups excluding carboxylic acids is 1. The first-order valence-corrected chi connectivity index (χ1v) is 6.65. The molecular formula is C14H20FN3O. The molecule has 0 spiro atoms. The van der Waals surface area contributed by atoms with Crippen LogP contribution in [0.1, 0.15) is 19.8 Å². The van der Waals surface area contributed by atoms with Crippen molar-refractivity contribution in [2.24, 2.45) is 5.92 Å². The fourth-order valence-electron chi connectivity index (χ4n) is 2.01. The number of halogens is 1. The van der Waals surface area contributed by atoms with Gasteiger partial charge in [-0.2, -0.15) is 0 Å². The summed E-state index contributed by atoms with van der Waals surface area (Å²) in [5.74, 6) is 0.240. The van der Waals surface area contributed by atoms with E-state index in [0.29, 0.717) is 12.2 Å². The highest BCUT2D eigenvalue weighted by Gasteiger charge is 2.24. The lowest BCUT2D eigenvalue weighted by Gasteiger charge is -2.19. The van der Waals surface area contributed by atoms with Crippen LogP contribution in [0.15, 0.2) is 18.2 Å². The van der Waals surface area contributed by atoms with Gasteiger partial charge < -0.3 is 11.1 Å². The van der Waals surface area contributed by atoms with Gasteiger partial charge in [-0.25, -0.2) is 4.39 Å². The van der Waals surface area contributed by atoms with E-state index in [-0.39, 0.29) is 11.6 Å². The van der Waals surface area contributed by atoms with E-state index in [9.17, 15) is 9.18 Å². The number of nitrogens with two attached hydrogens (primary N) is 1. The molecule has 0 aliphatic heterocycles. The Morgan fingerprint density at radius 3 is 2.84 bits per heavy atom. The first kappa shape index (κ1) is 13.8. The lowest BCUT2D eigenvalue weighted by molar-refractivity contribution is -0.117. The molecule has 0 saturated heterocycles. The number of nitrogens with one attached hydrogen (secondary N) is 1. The van der Waals surface area contributed by atoms with E-state index >= 15 is 0 Å². The molecule has 104 valence electrons. The molecule has 2 rings (SSSR count).